The molecule has 48 heavy (non-hydrogen) atoms. The molecule has 2 aromatic heterocycles. The second-order valence-electron chi connectivity index (χ2n) is 11.5. The van der Waals surface area contributed by atoms with Gasteiger partial charge in [0.05, 0.1) is 6.33 Å². The van der Waals surface area contributed by atoms with Crippen molar-refractivity contribution in [2.75, 3.05) is 24.2 Å². The number of fused-ring (bicyclic) bond motifs is 2. The third kappa shape index (κ3) is 6.72. The number of aliphatic carboxylic acids is 1. The first-order valence-electron chi connectivity index (χ1n) is 15.1. The molecule has 3 heterocycles. The topological polar surface area (TPSA) is 223 Å². The number of nitrogens with zero attached hydrogens (tertiary/aromatic N) is 5. The third-order valence-electron chi connectivity index (χ3n) is 8.04. The average Bonchev–Trinajstić information content (AvgIpc) is 3.57. The van der Waals surface area contributed by atoms with E-state index in [1.165, 1.54) is 24.7 Å². The van der Waals surface area contributed by atoms with Gasteiger partial charge in [0.1, 0.15) is 24.4 Å². The van der Waals surface area contributed by atoms with E-state index in [2.05, 4.69) is 25.0 Å². The first kappa shape index (κ1) is 33.0. The number of nitrogens with two attached hydrogens (primary N) is 1. The molecule has 3 aromatic carbocycles. The smallest absolute Gasteiger partial charge is 0.395 e. The molecule has 15 nitrogen and oxygen atoms in total. The predicted octanol–water partition coefficient (Wildman–Crippen LogP) is 3.01. The number of aliphatic hydroxyl groups is 2. The fourth-order valence-electron chi connectivity index (χ4n) is 5.47. The van der Waals surface area contributed by atoms with Crippen LogP contribution in [0.25, 0.3) is 21.9 Å². The van der Waals surface area contributed by atoms with Crippen LogP contribution in [0.5, 0.6) is 11.5 Å². The zero-order valence-electron chi connectivity index (χ0n) is 26.0. The molecule has 0 aliphatic carbocycles. The summed E-state index contributed by atoms with van der Waals surface area (Å²) < 4.78 is 23.0. The normalized spacial score (nSPS) is 21.8. The number of carbonyl (C=O) groups is 1. The van der Waals surface area contributed by atoms with E-state index >= 15 is 0 Å². The van der Waals surface area contributed by atoms with Crippen molar-refractivity contribution >= 4 is 47.8 Å². The Hall–Kier alpha value is -4.92. The summed E-state index contributed by atoms with van der Waals surface area (Å²) in [6.45, 7) is 3.02. The number of aromatic nitrogens is 4. The molecule has 5 aromatic rings. The number of carboxylic acid groups (broad SMARTS) is 1. The van der Waals surface area contributed by atoms with Gasteiger partial charge in [0.15, 0.2) is 35.0 Å². The van der Waals surface area contributed by atoms with Crippen LogP contribution in [-0.2, 0) is 16.0 Å². The Morgan fingerprint density at radius 3 is 2.71 bits per heavy atom. The van der Waals surface area contributed by atoms with E-state index in [4.69, 9.17) is 24.8 Å². The van der Waals surface area contributed by atoms with Gasteiger partial charge in [-0.15, -0.1) is 0 Å². The first-order valence-corrected chi connectivity index (χ1v) is 16.2. The van der Waals surface area contributed by atoms with Crippen molar-refractivity contribution < 1.29 is 39.0 Å². The maximum absolute atomic E-state index is 12.7. The average molecular weight is 676 g/mol. The van der Waals surface area contributed by atoms with Gasteiger partial charge < -0.3 is 40.7 Å². The third-order valence-corrected chi connectivity index (χ3v) is 8.91. The number of imidazole rings is 1. The van der Waals surface area contributed by atoms with Crippen LogP contribution in [0.2, 0.25) is 0 Å². The summed E-state index contributed by atoms with van der Waals surface area (Å²) in [6.07, 6.45) is -1.44. The van der Waals surface area contributed by atoms with Crippen LogP contribution < -0.4 is 25.2 Å². The summed E-state index contributed by atoms with van der Waals surface area (Å²) >= 11 is 0. The fourth-order valence-corrected chi connectivity index (χ4v) is 6.24. The number of rotatable bonds is 12. The molecular formula is C32H34N7O8P. The fraction of sp³-hybridized carbons (Fsp3) is 0.312. The van der Waals surface area contributed by atoms with Gasteiger partial charge in [-0.3, -0.25) is 9.09 Å². The van der Waals surface area contributed by atoms with E-state index < -0.39 is 44.2 Å². The largest absolute Gasteiger partial charge is 0.575 e. The zero-order chi connectivity index (χ0) is 34.0. The summed E-state index contributed by atoms with van der Waals surface area (Å²) in [4.78, 5) is 37.0. The number of anilines is 2. The van der Waals surface area contributed by atoms with Crippen molar-refractivity contribution in [2.24, 2.45) is 4.74 Å². The molecule has 1 aliphatic rings. The van der Waals surface area contributed by atoms with Gasteiger partial charge >= 0.3 is 14.1 Å². The van der Waals surface area contributed by atoms with Gasteiger partial charge in [-0.05, 0) is 37.3 Å². The quantitative estimate of drug-likeness (QED) is 0.120. The van der Waals surface area contributed by atoms with Crippen molar-refractivity contribution in [3.8, 4) is 11.5 Å². The van der Waals surface area contributed by atoms with Crippen molar-refractivity contribution in [3.63, 3.8) is 0 Å². The van der Waals surface area contributed by atoms with Gasteiger partial charge in [-0.1, -0.05) is 65.4 Å². The molecule has 6 rings (SSSR count). The number of benzene rings is 3. The van der Waals surface area contributed by atoms with Gasteiger partial charge in [-0.25, -0.2) is 9.78 Å². The van der Waals surface area contributed by atoms with Crippen LogP contribution >= 0.6 is 8.17 Å². The Balaban J connectivity index is 1.22. The number of nitrogen functional groups attached to an aromatic ring is 1. The summed E-state index contributed by atoms with van der Waals surface area (Å²) in [5, 5.41) is 36.4. The molecule has 0 saturated carbocycles. The number of ether oxygens (including phenoxy) is 2. The zero-order valence-corrected chi connectivity index (χ0v) is 26.9. The Morgan fingerprint density at radius 1 is 1.19 bits per heavy atom. The molecule has 1 saturated heterocycles. The van der Waals surface area contributed by atoms with E-state index in [9.17, 15) is 19.9 Å². The molecule has 16 heteroatoms. The second kappa shape index (κ2) is 13.7. The molecule has 250 valence electrons. The minimum absolute atomic E-state index is 0.0174. The highest BCUT2D eigenvalue weighted by atomic mass is 31.1. The van der Waals surface area contributed by atoms with Crippen LogP contribution in [0, 0.1) is 0 Å². The first-order chi connectivity index (χ1) is 23.0. The van der Waals surface area contributed by atoms with E-state index in [0.717, 1.165) is 17.4 Å². The molecule has 1 aliphatic heterocycles. The molecule has 6 atom stereocenters. The molecule has 3 unspecified atom stereocenters. The molecule has 6 N–H and O–H groups in total. The van der Waals surface area contributed by atoms with E-state index in [1.54, 1.807) is 24.3 Å². The lowest BCUT2D eigenvalue weighted by Crippen LogP contribution is -2.44. The van der Waals surface area contributed by atoms with Crippen LogP contribution in [0.3, 0.4) is 0 Å². The van der Waals surface area contributed by atoms with Crippen molar-refractivity contribution in [2.45, 2.75) is 50.3 Å². The van der Waals surface area contributed by atoms with Crippen LogP contribution in [-0.4, -0.2) is 77.8 Å². The summed E-state index contributed by atoms with van der Waals surface area (Å²) in [6, 6.07) is 19.2. The Bertz CT molecular complexity index is 1970. The number of carboxylic acids is 1. The van der Waals surface area contributed by atoms with Crippen LogP contribution in [0.1, 0.15) is 25.6 Å². The standard InChI is InChI=1S/C32H34N7O8P/c1-18(29(41)42)38-48(44)47-25-21-11-7-6-10-20(21)12-13-22(25)45-16-23-26(40)32(2,43)30(46-23)39-17-35-24-27(36-31(33)37-28(24)39)34-15-14-19-8-4-3-5-9-19/h3-13,17-18,23,26,30,40,43H,14-16H2,1-2H3,(H,41,42)(H3,33,34,36,37)/t18?,23-,26-,30?,32-/m1/s1. The minimum Gasteiger partial charge on any atom is -0.575 e. The van der Waals surface area contributed by atoms with Gasteiger partial charge in [0.25, 0.3) is 0 Å². The SMILES string of the molecule is CC(N=[P+]([O-])Oc1c(OC[C@H]2OC(n3cnc4c(NCCc5ccccc5)nc(N)nc43)[C@](C)(O)[C@@H]2O)ccc2ccccc12)C(=O)O. The minimum atomic E-state index is -2.78. The van der Waals surface area contributed by atoms with Crippen molar-refractivity contribution in [1.29, 1.82) is 0 Å². The van der Waals surface area contributed by atoms with Crippen LogP contribution in [0.4, 0.5) is 11.8 Å². The van der Waals surface area contributed by atoms with Gasteiger partial charge in [-0.2, -0.15) is 9.97 Å². The Labute approximate surface area is 275 Å². The summed E-state index contributed by atoms with van der Waals surface area (Å²) in [5.74, 6) is -0.630. The summed E-state index contributed by atoms with van der Waals surface area (Å²) in [7, 11) is -2.78. The molecule has 0 amide bonds. The Kier molecular flexibility index (Phi) is 9.40. The van der Waals surface area contributed by atoms with E-state index in [1.807, 2.05) is 42.5 Å². The molecule has 0 spiro atoms. The lowest BCUT2D eigenvalue weighted by Gasteiger charge is -2.27. The maximum atomic E-state index is 12.7. The van der Waals surface area contributed by atoms with Crippen molar-refractivity contribution in [1.82, 2.24) is 19.5 Å². The highest BCUT2D eigenvalue weighted by molar-refractivity contribution is 7.34. The highest BCUT2D eigenvalue weighted by Gasteiger charge is 2.54. The highest BCUT2D eigenvalue weighted by Crippen LogP contribution is 2.43. The monoisotopic (exact) mass is 675 g/mol. The number of hydrogen-bond donors (Lipinski definition) is 5. The maximum Gasteiger partial charge on any atom is 0.395 e. The number of nitrogens with one attached hydrogen (secondary N) is 1. The second-order valence-corrected chi connectivity index (χ2v) is 12.4. The lowest BCUT2D eigenvalue weighted by molar-refractivity contribution is -0.169. The van der Waals surface area contributed by atoms with Gasteiger partial charge in [0.2, 0.25) is 11.7 Å². The lowest BCUT2D eigenvalue weighted by atomic mass is 9.96. The summed E-state index contributed by atoms with van der Waals surface area (Å²) in [5.41, 5.74) is 6.07. The van der Waals surface area contributed by atoms with E-state index in [-0.39, 0.29) is 29.7 Å². The van der Waals surface area contributed by atoms with Crippen molar-refractivity contribution in [3.05, 3.63) is 78.6 Å². The van der Waals surface area contributed by atoms with Crippen LogP contribution in [0.15, 0.2) is 77.8 Å². The molecule has 0 radical (unpaired) electrons. The predicted molar refractivity (Wildman–Crippen MR) is 175 cm³/mol. The molecule has 1 fully saturated rings. The van der Waals surface area contributed by atoms with E-state index in [0.29, 0.717) is 23.3 Å². The molecular weight excluding hydrogens is 641 g/mol. The van der Waals surface area contributed by atoms with Gasteiger partial charge in [0, 0.05) is 11.9 Å². The number of aliphatic hydroxyl groups excluding tert-OH is 1. The molecule has 0 bridgehead atoms. The Morgan fingerprint density at radius 2 is 1.94 bits per heavy atom. The number of hydrogen-bond acceptors (Lipinski definition) is 13.